The summed E-state index contributed by atoms with van der Waals surface area (Å²) in [6, 6.07) is 0. The normalized spacial score (nSPS) is 31.8. The summed E-state index contributed by atoms with van der Waals surface area (Å²) in [5.74, 6) is 0.405. The number of rotatable bonds is 2. The van der Waals surface area contributed by atoms with E-state index in [1.807, 2.05) is 0 Å². The fourth-order valence-corrected chi connectivity index (χ4v) is 0.948. The van der Waals surface area contributed by atoms with Gasteiger partial charge in [-0.25, -0.2) is 0 Å². The summed E-state index contributed by atoms with van der Waals surface area (Å²) < 4.78 is 4.51. The van der Waals surface area contributed by atoms with Gasteiger partial charge in [-0.2, -0.15) is 0 Å². The molecule has 0 heterocycles. The van der Waals surface area contributed by atoms with E-state index in [1.165, 1.54) is 7.11 Å². The Morgan fingerprint density at radius 1 is 1.89 bits per heavy atom. The van der Waals surface area contributed by atoms with Crippen LogP contribution in [0.25, 0.3) is 0 Å². The Labute approximate surface area is 54.2 Å². The van der Waals surface area contributed by atoms with Gasteiger partial charge in [0.25, 0.3) is 0 Å². The minimum Gasteiger partial charge on any atom is -0.469 e. The zero-order valence-corrected chi connectivity index (χ0v) is 5.46. The van der Waals surface area contributed by atoms with Gasteiger partial charge in [0, 0.05) is 0 Å². The van der Waals surface area contributed by atoms with Crippen molar-refractivity contribution >= 4 is 5.97 Å². The predicted octanol–water partition coefficient (Wildman–Crippen LogP) is -0.246. The first kappa shape index (κ1) is 6.55. The summed E-state index contributed by atoms with van der Waals surface area (Å²) in [5, 5.41) is 0. The summed E-state index contributed by atoms with van der Waals surface area (Å²) in [5.41, 5.74) is 5.31. The van der Waals surface area contributed by atoms with E-state index in [9.17, 15) is 4.79 Å². The average Bonchev–Trinajstić information content (AvgIpc) is 2.64. The van der Waals surface area contributed by atoms with E-state index in [1.54, 1.807) is 0 Å². The maximum Gasteiger partial charge on any atom is 0.308 e. The molecule has 52 valence electrons. The van der Waals surface area contributed by atoms with E-state index in [0.717, 1.165) is 6.42 Å². The van der Waals surface area contributed by atoms with E-state index in [4.69, 9.17) is 5.73 Å². The lowest BCUT2D eigenvalue weighted by molar-refractivity contribution is -0.142. The standard InChI is InChI=1S/C6H11NO2/c1-9-6(8)5-2-4(5)3-7/h4-5H,2-3,7H2,1H3/t4-,5+/m0/s1. The van der Waals surface area contributed by atoms with Crippen LogP contribution < -0.4 is 5.73 Å². The maximum absolute atomic E-state index is 10.7. The largest absolute Gasteiger partial charge is 0.469 e. The van der Waals surface area contributed by atoms with Crippen molar-refractivity contribution in [2.75, 3.05) is 13.7 Å². The Kier molecular flexibility index (Phi) is 1.71. The van der Waals surface area contributed by atoms with E-state index in [2.05, 4.69) is 4.74 Å². The number of carbonyl (C=O) groups excluding carboxylic acids is 1. The summed E-state index contributed by atoms with van der Waals surface area (Å²) >= 11 is 0. The molecule has 2 atom stereocenters. The first-order valence-corrected chi connectivity index (χ1v) is 3.07. The van der Waals surface area contributed by atoms with Crippen molar-refractivity contribution in [2.24, 2.45) is 17.6 Å². The molecule has 0 unspecified atom stereocenters. The van der Waals surface area contributed by atoms with Crippen molar-refractivity contribution in [3.63, 3.8) is 0 Å². The molecule has 3 nitrogen and oxygen atoms in total. The highest BCUT2D eigenvalue weighted by atomic mass is 16.5. The molecule has 3 heteroatoms. The van der Waals surface area contributed by atoms with Gasteiger partial charge in [-0.05, 0) is 18.9 Å². The lowest BCUT2D eigenvalue weighted by atomic mass is 10.3. The van der Waals surface area contributed by atoms with Crippen LogP contribution in [0.1, 0.15) is 6.42 Å². The highest BCUT2D eigenvalue weighted by Crippen LogP contribution is 2.37. The SMILES string of the molecule is COC(=O)[C@@H]1C[C@H]1CN. The molecule has 2 N–H and O–H groups in total. The second-order valence-electron chi connectivity index (χ2n) is 2.36. The van der Waals surface area contributed by atoms with E-state index in [-0.39, 0.29) is 11.9 Å². The lowest BCUT2D eigenvalue weighted by Crippen LogP contribution is -2.09. The number of hydrogen-bond acceptors (Lipinski definition) is 3. The van der Waals surface area contributed by atoms with Gasteiger partial charge >= 0.3 is 5.97 Å². The molecule has 9 heavy (non-hydrogen) atoms. The van der Waals surface area contributed by atoms with Gasteiger partial charge < -0.3 is 10.5 Å². The van der Waals surface area contributed by atoms with E-state index in [0.29, 0.717) is 12.5 Å². The molecule has 1 aliphatic carbocycles. The Morgan fingerprint density at radius 3 is 2.89 bits per heavy atom. The Morgan fingerprint density at radius 2 is 2.56 bits per heavy atom. The molecule has 1 saturated carbocycles. The molecular weight excluding hydrogens is 118 g/mol. The summed E-state index contributed by atoms with van der Waals surface area (Å²) in [6.07, 6.45) is 0.920. The summed E-state index contributed by atoms with van der Waals surface area (Å²) in [4.78, 5) is 10.7. The van der Waals surface area contributed by atoms with Crippen molar-refractivity contribution in [3.8, 4) is 0 Å². The monoisotopic (exact) mass is 129 g/mol. The predicted molar refractivity (Wildman–Crippen MR) is 32.7 cm³/mol. The van der Waals surface area contributed by atoms with Crippen molar-refractivity contribution in [3.05, 3.63) is 0 Å². The number of ether oxygens (including phenoxy) is 1. The van der Waals surface area contributed by atoms with Gasteiger partial charge in [0.1, 0.15) is 0 Å². The fraction of sp³-hybridized carbons (Fsp3) is 0.833. The third kappa shape index (κ3) is 1.21. The van der Waals surface area contributed by atoms with E-state index < -0.39 is 0 Å². The number of hydrogen-bond donors (Lipinski definition) is 1. The molecule has 0 saturated heterocycles. The van der Waals surface area contributed by atoms with Crippen LogP contribution in [0.15, 0.2) is 0 Å². The number of methoxy groups -OCH3 is 1. The maximum atomic E-state index is 10.7. The quantitative estimate of drug-likeness (QED) is 0.523. The first-order valence-electron chi connectivity index (χ1n) is 3.07. The second-order valence-corrected chi connectivity index (χ2v) is 2.36. The van der Waals surface area contributed by atoms with Crippen molar-refractivity contribution < 1.29 is 9.53 Å². The topological polar surface area (TPSA) is 52.3 Å². The number of esters is 1. The highest BCUT2D eigenvalue weighted by molar-refractivity contribution is 5.75. The van der Waals surface area contributed by atoms with Crippen LogP contribution >= 0.6 is 0 Å². The van der Waals surface area contributed by atoms with Crippen LogP contribution in [-0.4, -0.2) is 19.6 Å². The van der Waals surface area contributed by atoms with Gasteiger partial charge in [0.05, 0.1) is 13.0 Å². The molecule has 0 aromatic rings. The van der Waals surface area contributed by atoms with Gasteiger partial charge in [-0.15, -0.1) is 0 Å². The molecule has 0 radical (unpaired) electrons. The van der Waals surface area contributed by atoms with Crippen LogP contribution in [-0.2, 0) is 9.53 Å². The molecule has 0 aliphatic heterocycles. The van der Waals surface area contributed by atoms with Crippen molar-refractivity contribution in [1.29, 1.82) is 0 Å². The third-order valence-corrected chi connectivity index (χ3v) is 1.73. The number of nitrogens with two attached hydrogens (primary N) is 1. The van der Waals surface area contributed by atoms with Gasteiger partial charge in [0.15, 0.2) is 0 Å². The Bertz CT molecular complexity index is 124. The molecule has 0 bridgehead atoms. The zero-order chi connectivity index (χ0) is 6.85. The highest BCUT2D eigenvalue weighted by Gasteiger charge is 2.42. The van der Waals surface area contributed by atoms with Crippen molar-refractivity contribution in [1.82, 2.24) is 0 Å². The summed E-state index contributed by atoms with van der Waals surface area (Å²) in [7, 11) is 1.41. The molecular formula is C6H11NO2. The molecule has 1 rings (SSSR count). The molecule has 0 aromatic carbocycles. The van der Waals surface area contributed by atoms with Crippen LogP contribution in [0.5, 0.6) is 0 Å². The van der Waals surface area contributed by atoms with Crippen LogP contribution in [0.4, 0.5) is 0 Å². The average molecular weight is 129 g/mol. The van der Waals surface area contributed by atoms with Crippen LogP contribution in [0, 0.1) is 11.8 Å². The van der Waals surface area contributed by atoms with Gasteiger partial charge in [0.2, 0.25) is 0 Å². The Hall–Kier alpha value is -0.570. The number of carbonyl (C=O) groups is 1. The fourth-order valence-electron chi connectivity index (χ4n) is 0.948. The first-order chi connectivity index (χ1) is 4.29. The lowest BCUT2D eigenvalue weighted by Gasteiger charge is -1.93. The minimum absolute atomic E-state index is 0.106. The molecule has 0 aromatic heterocycles. The smallest absolute Gasteiger partial charge is 0.308 e. The zero-order valence-electron chi connectivity index (χ0n) is 5.46. The van der Waals surface area contributed by atoms with Crippen LogP contribution in [0.3, 0.4) is 0 Å². The molecule has 0 spiro atoms. The van der Waals surface area contributed by atoms with Gasteiger partial charge in [-0.3, -0.25) is 4.79 Å². The van der Waals surface area contributed by atoms with Crippen LogP contribution in [0.2, 0.25) is 0 Å². The second kappa shape index (κ2) is 2.35. The van der Waals surface area contributed by atoms with Gasteiger partial charge in [-0.1, -0.05) is 0 Å². The summed E-state index contributed by atoms with van der Waals surface area (Å²) in [6.45, 7) is 0.611. The molecule has 1 aliphatic rings. The van der Waals surface area contributed by atoms with Crippen molar-refractivity contribution in [2.45, 2.75) is 6.42 Å². The molecule has 1 fully saturated rings. The Balaban J connectivity index is 2.25. The minimum atomic E-state index is -0.106. The molecule has 0 amide bonds. The van der Waals surface area contributed by atoms with E-state index >= 15 is 0 Å². The third-order valence-electron chi connectivity index (χ3n) is 1.73.